The summed E-state index contributed by atoms with van der Waals surface area (Å²) in [6, 6.07) is 0. The van der Waals surface area contributed by atoms with E-state index in [1.807, 2.05) is 0 Å². The van der Waals surface area contributed by atoms with Gasteiger partial charge in [-0.1, -0.05) is 5.16 Å². The fourth-order valence-corrected chi connectivity index (χ4v) is 0.547. The van der Waals surface area contributed by atoms with Gasteiger partial charge in [0.15, 0.2) is 0 Å². The van der Waals surface area contributed by atoms with Crippen molar-refractivity contribution in [3.05, 3.63) is 0 Å². The van der Waals surface area contributed by atoms with Crippen molar-refractivity contribution in [1.82, 2.24) is 0 Å². The average Bonchev–Trinajstić information content (AvgIpc) is 2.11. The fourth-order valence-electron chi connectivity index (χ4n) is 0.547. The van der Waals surface area contributed by atoms with Gasteiger partial charge in [0.25, 0.3) is 0 Å². The van der Waals surface area contributed by atoms with Gasteiger partial charge in [0.2, 0.25) is 0 Å². The van der Waals surface area contributed by atoms with Gasteiger partial charge in [0.1, 0.15) is 25.4 Å². The number of aliphatic hydroxyl groups excluding tert-OH is 4. The summed E-state index contributed by atoms with van der Waals surface area (Å²) >= 11 is 0. The van der Waals surface area contributed by atoms with Crippen molar-refractivity contribution < 1.29 is 25.3 Å². The van der Waals surface area contributed by atoms with E-state index in [1.165, 1.54) is 7.11 Å². The summed E-state index contributed by atoms with van der Waals surface area (Å²) in [6.07, 6.45) is -3.28. The first kappa shape index (κ1) is 11.3. The highest BCUT2D eigenvalue weighted by molar-refractivity contribution is 5.62. The summed E-state index contributed by atoms with van der Waals surface area (Å²) in [5.74, 6) is 0. The average molecular weight is 179 g/mol. The first-order valence-electron chi connectivity index (χ1n) is 3.35. The highest BCUT2D eigenvalue weighted by Crippen LogP contribution is 1.97. The van der Waals surface area contributed by atoms with E-state index in [1.54, 1.807) is 0 Å². The van der Waals surface area contributed by atoms with Gasteiger partial charge >= 0.3 is 0 Å². The first-order valence-corrected chi connectivity index (χ1v) is 3.35. The summed E-state index contributed by atoms with van der Waals surface area (Å²) in [6.45, 7) is -0.626. The maximum Gasteiger partial charge on any atom is 0.121 e. The van der Waals surface area contributed by atoms with Gasteiger partial charge in [-0.2, -0.15) is 0 Å². The van der Waals surface area contributed by atoms with Crippen LogP contribution >= 0.6 is 0 Å². The molecule has 4 N–H and O–H groups in total. The molecule has 0 radical (unpaired) electrons. The number of aliphatic hydroxyl groups is 4. The molecule has 6 nitrogen and oxygen atoms in total. The summed E-state index contributed by atoms with van der Waals surface area (Å²) in [7, 11) is 1.28. The van der Waals surface area contributed by atoms with E-state index >= 15 is 0 Å². The maximum absolute atomic E-state index is 9.01. The lowest BCUT2D eigenvalue weighted by molar-refractivity contribution is -0.0547. The molecule has 0 aliphatic rings. The molecule has 12 heavy (non-hydrogen) atoms. The van der Waals surface area contributed by atoms with Gasteiger partial charge in [-0.3, -0.25) is 0 Å². The van der Waals surface area contributed by atoms with Crippen LogP contribution in [0.2, 0.25) is 0 Å². The Bertz CT molecular complexity index is 140. The van der Waals surface area contributed by atoms with Crippen LogP contribution in [-0.4, -0.2) is 58.7 Å². The molecule has 0 aromatic heterocycles. The summed E-state index contributed by atoms with van der Waals surface area (Å²) in [5.41, 5.74) is 0. The molecule has 0 unspecified atom stereocenters. The monoisotopic (exact) mass is 179 g/mol. The number of oxime groups is 1. The smallest absolute Gasteiger partial charge is 0.121 e. The zero-order valence-electron chi connectivity index (χ0n) is 6.66. The second kappa shape index (κ2) is 5.90. The van der Waals surface area contributed by atoms with Crippen molar-refractivity contribution >= 4 is 6.21 Å². The topological polar surface area (TPSA) is 103 Å². The van der Waals surface area contributed by atoms with E-state index in [-0.39, 0.29) is 0 Å². The van der Waals surface area contributed by atoms with Crippen LogP contribution in [0.4, 0.5) is 0 Å². The Morgan fingerprint density at radius 3 is 2.42 bits per heavy atom. The van der Waals surface area contributed by atoms with Crippen LogP contribution in [0.3, 0.4) is 0 Å². The quantitative estimate of drug-likeness (QED) is 0.280. The molecule has 0 aromatic carbocycles. The van der Waals surface area contributed by atoms with Crippen molar-refractivity contribution in [3.63, 3.8) is 0 Å². The molecular formula is C6H13NO5. The molecule has 0 saturated heterocycles. The second-order valence-electron chi connectivity index (χ2n) is 2.17. The van der Waals surface area contributed by atoms with E-state index in [0.29, 0.717) is 0 Å². The molecule has 0 saturated carbocycles. The van der Waals surface area contributed by atoms with Crippen LogP contribution in [0.25, 0.3) is 0 Å². The Kier molecular flexibility index (Phi) is 5.56. The zero-order valence-corrected chi connectivity index (χ0v) is 6.66. The van der Waals surface area contributed by atoms with E-state index < -0.39 is 24.9 Å². The van der Waals surface area contributed by atoms with Gasteiger partial charge in [-0.25, -0.2) is 0 Å². The number of nitrogens with zero attached hydrogens (tertiary/aromatic N) is 1. The molecular weight excluding hydrogens is 166 g/mol. The van der Waals surface area contributed by atoms with Gasteiger partial charge in [-0.05, 0) is 0 Å². The molecule has 0 aliphatic heterocycles. The lowest BCUT2D eigenvalue weighted by Gasteiger charge is -2.17. The molecule has 0 amide bonds. The minimum absolute atomic E-state index is 0.626. The largest absolute Gasteiger partial charge is 0.399 e. The van der Waals surface area contributed by atoms with Crippen LogP contribution in [0, 0.1) is 0 Å². The molecule has 3 atom stereocenters. The van der Waals surface area contributed by atoms with Crippen LogP contribution in [0.1, 0.15) is 0 Å². The predicted molar refractivity (Wildman–Crippen MR) is 40.6 cm³/mol. The third-order valence-electron chi connectivity index (χ3n) is 1.25. The molecule has 0 aromatic rings. The third-order valence-corrected chi connectivity index (χ3v) is 1.25. The fraction of sp³-hybridized carbons (Fsp3) is 0.833. The maximum atomic E-state index is 9.01. The minimum atomic E-state index is -1.46. The Morgan fingerprint density at radius 1 is 1.42 bits per heavy atom. The van der Waals surface area contributed by atoms with Gasteiger partial charge < -0.3 is 25.3 Å². The van der Waals surface area contributed by atoms with Crippen molar-refractivity contribution in [2.24, 2.45) is 5.16 Å². The Labute approximate surface area is 69.7 Å². The standard InChI is InChI=1S/C6H13NO5/c1-12-7-2-4(9)6(11)5(10)3-8/h2,4-6,8-11H,3H2,1H3/b7-2+/t4-,5-,6+/m1/s1. The molecule has 0 heterocycles. The number of hydrogen-bond acceptors (Lipinski definition) is 6. The van der Waals surface area contributed by atoms with E-state index in [4.69, 9.17) is 20.4 Å². The van der Waals surface area contributed by atoms with Crippen LogP contribution in [0.15, 0.2) is 5.16 Å². The lowest BCUT2D eigenvalue weighted by atomic mass is 10.1. The van der Waals surface area contributed by atoms with Crippen LogP contribution < -0.4 is 0 Å². The highest BCUT2D eigenvalue weighted by atomic mass is 16.6. The minimum Gasteiger partial charge on any atom is -0.399 e. The van der Waals surface area contributed by atoms with Crippen LogP contribution in [0.5, 0.6) is 0 Å². The van der Waals surface area contributed by atoms with E-state index in [9.17, 15) is 0 Å². The normalized spacial score (nSPS) is 19.1. The lowest BCUT2D eigenvalue weighted by Crippen LogP contribution is -2.40. The van der Waals surface area contributed by atoms with Crippen molar-refractivity contribution in [3.8, 4) is 0 Å². The zero-order chi connectivity index (χ0) is 9.56. The Morgan fingerprint density at radius 2 is 2.00 bits per heavy atom. The molecule has 0 fully saturated rings. The van der Waals surface area contributed by atoms with Crippen molar-refractivity contribution in [2.75, 3.05) is 13.7 Å². The number of hydrogen-bond donors (Lipinski definition) is 4. The molecule has 6 heteroatoms. The van der Waals surface area contributed by atoms with Gasteiger partial charge in [-0.15, -0.1) is 0 Å². The SMILES string of the molecule is CO/N=C/[C@@H](O)[C@H](O)[C@H](O)CO. The summed E-state index contributed by atoms with van der Waals surface area (Å²) in [4.78, 5) is 4.23. The second-order valence-corrected chi connectivity index (χ2v) is 2.17. The third kappa shape index (κ3) is 3.63. The first-order chi connectivity index (χ1) is 5.63. The summed E-state index contributed by atoms with van der Waals surface area (Å²) < 4.78 is 0. The van der Waals surface area contributed by atoms with Crippen molar-refractivity contribution in [1.29, 1.82) is 0 Å². The van der Waals surface area contributed by atoms with Gasteiger partial charge in [0.05, 0.1) is 12.8 Å². The molecule has 0 aliphatic carbocycles. The predicted octanol–water partition coefficient (Wildman–Crippen LogP) is -2.31. The van der Waals surface area contributed by atoms with Gasteiger partial charge in [0, 0.05) is 0 Å². The Balaban J connectivity index is 3.91. The summed E-state index contributed by atoms with van der Waals surface area (Å²) in [5, 5.41) is 38.4. The molecule has 0 spiro atoms. The molecule has 0 bridgehead atoms. The molecule has 72 valence electrons. The molecule has 0 rings (SSSR count). The highest BCUT2D eigenvalue weighted by Gasteiger charge is 2.22. The number of rotatable bonds is 5. The van der Waals surface area contributed by atoms with Crippen LogP contribution in [-0.2, 0) is 4.84 Å². The Hall–Kier alpha value is -0.690. The van der Waals surface area contributed by atoms with Crippen molar-refractivity contribution in [2.45, 2.75) is 18.3 Å². The van der Waals surface area contributed by atoms with E-state index in [0.717, 1.165) is 6.21 Å². The van der Waals surface area contributed by atoms with E-state index in [2.05, 4.69) is 9.99 Å².